The Morgan fingerprint density at radius 3 is 2.65 bits per heavy atom. The first-order chi connectivity index (χ1) is 9.72. The summed E-state index contributed by atoms with van der Waals surface area (Å²) >= 11 is 0. The Labute approximate surface area is 119 Å². The number of carbonyl (C=O) groups excluding carboxylic acids is 1. The molecule has 0 aromatic rings. The Balaban J connectivity index is 2.68. The lowest BCUT2D eigenvalue weighted by atomic mass is 9.90. The van der Waals surface area contributed by atoms with Crippen molar-refractivity contribution in [2.24, 2.45) is 5.92 Å². The number of nitrogens with one attached hydrogen (secondary N) is 2. The average molecular weight is 284 g/mol. The predicted octanol–water partition coefficient (Wildman–Crippen LogP) is 1.20. The van der Waals surface area contributed by atoms with E-state index in [2.05, 4.69) is 10.1 Å². The van der Waals surface area contributed by atoms with Crippen LogP contribution in [0, 0.1) is 11.3 Å². The number of carbonyl (C=O) groups is 1. The quantitative estimate of drug-likeness (QED) is 0.269. The van der Waals surface area contributed by atoms with Gasteiger partial charge in [0.05, 0.1) is 20.3 Å². The molecule has 0 radical (unpaired) electrons. The fourth-order valence-corrected chi connectivity index (χ4v) is 2.28. The number of methoxy groups -OCH3 is 1. The highest BCUT2D eigenvalue weighted by molar-refractivity contribution is 6.08. The summed E-state index contributed by atoms with van der Waals surface area (Å²) in [6.45, 7) is 0.694. The molecule has 0 aliphatic heterocycles. The van der Waals surface area contributed by atoms with Crippen molar-refractivity contribution in [3.05, 3.63) is 11.5 Å². The van der Waals surface area contributed by atoms with Crippen LogP contribution in [0.2, 0.25) is 0 Å². The third-order valence-electron chi connectivity index (χ3n) is 3.38. The first kappa shape index (κ1) is 16.5. The van der Waals surface area contributed by atoms with Crippen LogP contribution in [0.25, 0.3) is 0 Å². The molecule has 0 aromatic heterocycles. The summed E-state index contributed by atoms with van der Waals surface area (Å²) in [6.07, 6.45) is 6.87. The maximum Gasteiger partial charge on any atom is 0.344 e. The summed E-state index contributed by atoms with van der Waals surface area (Å²) in [5, 5.41) is 19.0. The van der Waals surface area contributed by atoms with Gasteiger partial charge in [0.2, 0.25) is 5.88 Å². The third-order valence-corrected chi connectivity index (χ3v) is 3.38. The number of esters is 1. The lowest BCUT2D eigenvalue weighted by Crippen LogP contribution is -2.26. The molecule has 1 rings (SSSR count). The van der Waals surface area contributed by atoms with Crippen LogP contribution in [-0.4, -0.2) is 44.2 Å². The van der Waals surface area contributed by atoms with Gasteiger partial charge in [-0.1, -0.05) is 19.3 Å². The molecule has 0 bridgehead atoms. The zero-order valence-corrected chi connectivity index (χ0v) is 12.0. The first-order valence-electron chi connectivity index (χ1n) is 7.03. The second-order valence-electron chi connectivity index (χ2n) is 4.84. The van der Waals surface area contributed by atoms with E-state index in [-0.39, 0.29) is 24.6 Å². The van der Waals surface area contributed by atoms with E-state index < -0.39 is 5.97 Å². The van der Waals surface area contributed by atoms with Gasteiger partial charge in [-0.3, -0.25) is 0 Å². The van der Waals surface area contributed by atoms with Crippen molar-refractivity contribution in [1.29, 1.82) is 5.41 Å². The van der Waals surface area contributed by atoms with Gasteiger partial charge >= 0.3 is 5.97 Å². The molecule has 1 saturated carbocycles. The molecule has 1 fully saturated rings. The Kier molecular flexibility index (Phi) is 7.72. The summed E-state index contributed by atoms with van der Waals surface area (Å²) < 4.78 is 10.3. The van der Waals surface area contributed by atoms with Crippen LogP contribution >= 0.6 is 0 Å². The predicted molar refractivity (Wildman–Crippen MR) is 75.4 cm³/mol. The highest BCUT2D eigenvalue weighted by atomic mass is 16.5. The fourth-order valence-electron chi connectivity index (χ4n) is 2.28. The van der Waals surface area contributed by atoms with Crippen molar-refractivity contribution in [1.82, 2.24) is 5.32 Å². The normalized spacial score (nSPS) is 17.1. The zero-order chi connectivity index (χ0) is 14.8. The van der Waals surface area contributed by atoms with Gasteiger partial charge in [0.25, 0.3) is 0 Å². The van der Waals surface area contributed by atoms with Gasteiger partial charge in [-0.15, -0.1) is 0 Å². The summed E-state index contributed by atoms with van der Waals surface area (Å²) in [5.74, 6) is 0.0786. The Bertz CT molecular complexity index is 349. The van der Waals surface area contributed by atoms with E-state index in [1.54, 1.807) is 0 Å². The van der Waals surface area contributed by atoms with Crippen LogP contribution in [-0.2, 0) is 14.3 Å². The fraction of sp³-hybridized carbons (Fsp3) is 0.714. The molecule has 0 atom stereocenters. The Hall–Kier alpha value is -1.56. The number of aliphatic hydroxyl groups is 1. The topological polar surface area (TPSA) is 91.6 Å². The van der Waals surface area contributed by atoms with E-state index in [0.717, 1.165) is 19.1 Å². The molecule has 0 saturated heterocycles. The Morgan fingerprint density at radius 2 is 2.10 bits per heavy atom. The molecule has 6 heteroatoms. The number of hydrogen-bond donors (Lipinski definition) is 3. The van der Waals surface area contributed by atoms with Crippen LogP contribution in [0.4, 0.5) is 0 Å². The van der Waals surface area contributed by atoms with Gasteiger partial charge in [0.1, 0.15) is 5.57 Å². The molecule has 0 spiro atoms. The smallest absolute Gasteiger partial charge is 0.344 e. The van der Waals surface area contributed by atoms with Crippen molar-refractivity contribution in [3.63, 3.8) is 0 Å². The molecule has 114 valence electrons. The molecular formula is C14H24N2O4. The van der Waals surface area contributed by atoms with Crippen LogP contribution < -0.4 is 5.32 Å². The number of hydrogen-bond acceptors (Lipinski definition) is 6. The summed E-state index contributed by atoms with van der Waals surface area (Å²) in [6, 6.07) is 0. The molecule has 0 unspecified atom stereocenters. The van der Waals surface area contributed by atoms with Crippen LogP contribution in [0.1, 0.15) is 32.1 Å². The second-order valence-corrected chi connectivity index (χ2v) is 4.84. The monoisotopic (exact) mass is 284 g/mol. The summed E-state index contributed by atoms with van der Waals surface area (Å²) in [4.78, 5) is 11.6. The second kappa shape index (κ2) is 9.36. The molecule has 6 nitrogen and oxygen atoms in total. The van der Waals surface area contributed by atoms with E-state index in [4.69, 9.17) is 15.3 Å². The van der Waals surface area contributed by atoms with Gasteiger partial charge < -0.3 is 25.3 Å². The maximum absolute atomic E-state index is 11.6. The van der Waals surface area contributed by atoms with Crippen LogP contribution in [0.3, 0.4) is 0 Å². The van der Waals surface area contributed by atoms with Gasteiger partial charge in [-0.05, 0) is 18.8 Å². The maximum atomic E-state index is 11.6. The highest BCUT2D eigenvalue weighted by Crippen LogP contribution is 2.24. The van der Waals surface area contributed by atoms with Crippen LogP contribution in [0.15, 0.2) is 11.5 Å². The average Bonchev–Trinajstić information content (AvgIpc) is 2.50. The molecule has 20 heavy (non-hydrogen) atoms. The van der Waals surface area contributed by atoms with Crippen LogP contribution in [0.5, 0.6) is 0 Å². The van der Waals surface area contributed by atoms with Crippen molar-refractivity contribution < 1.29 is 19.4 Å². The molecule has 1 aliphatic carbocycles. The Morgan fingerprint density at radius 1 is 1.40 bits per heavy atom. The number of aliphatic hydroxyl groups excluding tert-OH is 1. The zero-order valence-electron chi connectivity index (χ0n) is 12.0. The minimum absolute atomic E-state index is 0.0387. The molecule has 0 amide bonds. The molecule has 0 heterocycles. The van der Waals surface area contributed by atoms with E-state index in [0.29, 0.717) is 12.5 Å². The van der Waals surface area contributed by atoms with E-state index in [1.165, 1.54) is 26.4 Å². The summed E-state index contributed by atoms with van der Waals surface area (Å²) in [7, 11) is 1.26. The highest BCUT2D eigenvalue weighted by Gasteiger charge is 2.19. The minimum atomic E-state index is -0.621. The van der Waals surface area contributed by atoms with Gasteiger partial charge in [0.15, 0.2) is 0 Å². The lowest BCUT2D eigenvalue weighted by Gasteiger charge is -2.23. The largest absolute Gasteiger partial charge is 0.478 e. The number of ether oxygens (including phenoxy) is 2. The van der Waals surface area contributed by atoms with Crippen molar-refractivity contribution in [3.8, 4) is 0 Å². The lowest BCUT2D eigenvalue weighted by molar-refractivity contribution is -0.135. The molecular weight excluding hydrogens is 260 g/mol. The molecule has 3 N–H and O–H groups in total. The molecule has 1 aliphatic rings. The van der Waals surface area contributed by atoms with E-state index >= 15 is 0 Å². The molecule has 0 aromatic carbocycles. The van der Waals surface area contributed by atoms with Gasteiger partial charge in [0, 0.05) is 12.8 Å². The van der Waals surface area contributed by atoms with Crippen molar-refractivity contribution >= 4 is 12.2 Å². The van der Waals surface area contributed by atoms with E-state index in [9.17, 15) is 4.79 Å². The first-order valence-corrected chi connectivity index (χ1v) is 7.03. The SMILES string of the molecule is COC(=O)/C(C=N)=C(/NCCO)OCC1CCCCC1. The number of rotatable bonds is 8. The summed E-state index contributed by atoms with van der Waals surface area (Å²) in [5.41, 5.74) is 0.0387. The van der Waals surface area contributed by atoms with Gasteiger partial charge in [-0.25, -0.2) is 4.79 Å². The van der Waals surface area contributed by atoms with E-state index in [1.807, 2.05) is 0 Å². The minimum Gasteiger partial charge on any atom is -0.478 e. The van der Waals surface area contributed by atoms with Crippen molar-refractivity contribution in [2.75, 3.05) is 26.9 Å². The van der Waals surface area contributed by atoms with Crippen molar-refractivity contribution in [2.45, 2.75) is 32.1 Å². The standard InChI is InChI=1S/C14H24N2O4/c1-19-14(18)12(9-15)13(16-7-8-17)20-10-11-5-3-2-4-6-11/h9,11,15-17H,2-8,10H2,1H3/b13-12-,15-9?. The third kappa shape index (κ3) is 5.21. The van der Waals surface area contributed by atoms with Gasteiger partial charge in [-0.2, -0.15) is 0 Å².